The number of amides is 1. The number of carbonyl (C=O) groups is 2. The zero-order valence-corrected chi connectivity index (χ0v) is 15.0. The van der Waals surface area contributed by atoms with Gasteiger partial charge in [0.1, 0.15) is 0 Å². The van der Waals surface area contributed by atoms with E-state index in [4.69, 9.17) is 16.3 Å². The van der Waals surface area contributed by atoms with Crippen LogP contribution >= 0.6 is 11.6 Å². The van der Waals surface area contributed by atoms with Gasteiger partial charge in [0.25, 0.3) is 0 Å². The van der Waals surface area contributed by atoms with Crippen LogP contribution in [0.3, 0.4) is 0 Å². The molecule has 0 unspecified atom stereocenters. The summed E-state index contributed by atoms with van der Waals surface area (Å²) in [7, 11) is 0. The van der Waals surface area contributed by atoms with Crippen molar-refractivity contribution in [3.63, 3.8) is 0 Å². The molecule has 0 atom stereocenters. The van der Waals surface area contributed by atoms with E-state index in [2.05, 4.69) is 10.6 Å². The van der Waals surface area contributed by atoms with Crippen LogP contribution in [0.15, 0.2) is 42.5 Å². The summed E-state index contributed by atoms with van der Waals surface area (Å²) in [5.41, 5.74) is 3.08. The van der Waals surface area contributed by atoms with Crippen LogP contribution in [0, 0.1) is 6.92 Å². The van der Waals surface area contributed by atoms with Crippen LogP contribution in [0.5, 0.6) is 0 Å². The minimum absolute atomic E-state index is 0.108. The predicted molar refractivity (Wildman–Crippen MR) is 100 cm³/mol. The highest BCUT2D eigenvalue weighted by molar-refractivity contribution is 6.30. The van der Waals surface area contributed by atoms with Crippen molar-refractivity contribution in [3.05, 3.63) is 58.6 Å². The number of ether oxygens (including phenoxy) is 1. The van der Waals surface area contributed by atoms with Crippen LogP contribution in [0.1, 0.15) is 29.3 Å². The molecular weight excluding hydrogens is 340 g/mol. The van der Waals surface area contributed by atoms with Crippen LogP contribution in [0.2, 0.25) is 5.02 Å². The average Bonchev–Trinajstić information content (AvgIpc) is 2.57. The first-order valence-corrected chi connectivity index (χ1v) is 8.44. The van der Waals surface area contributed by atoms with E-state index in [1.165, 1.54) is 0 Å². The van der Waals surface area contributed by atoms with E-state index in [0.29, 0.717) is 35.8 Å². The maximum atomic E-state index is 12.0. The summed E-state index contributed by atoms with van der Waals surface area (Å²) in [4.78, 5) is 23.6. The van der Waals surface area contributed by atoms with E-state index in [1.54, 1.807) is 31.2 Å². The predicted octanol–water partition coefficient (Wildman–Crippen LogP) is 4.27. The van der Waals surface area contributed by atoms with E-state index in [9.17, 15) is 9.59 Å². The van der Waals surface area contributed by atoms with Crippen molar-refractivity contribution in [2.45, 2.75) is 20.3 Å². The first-order chi connectivity index (χ1) is 12.0. The lowest BCUT2D eigenvalue weighted by Crippen LogP contribution is -2.16. The maximum Gasteiger partial charge on any atom is 0.338 e. The largest absolute Gasteiger partial charge is 0.462 e. The van der Waals surface area contributed by atoms with Crippen LogP contribution in [0.25, 0.3) is 0 Å². The Morgan fingerprint density at radius 3 is 2.48 bits per heavy atom. The number of nitrogens with one attached hydrogen (secondary N) is 2. The van der Waals surface area contributed by atoms with Crippen molar-refractivity contribution in [1.82, 2.24) is 0 Å². The number of halogens is 1. The lowest BCUT2D eigenvalue weighted by atomic mass is 10.2. The van der Waals surface area contributed by atoms with Crippen LogP contribution < -0.4 is 10.6 Å². The average molecular weight is 361 g/mol. The third kappa shape index (κ3) is 5.80. The summed E-state index contributed by atoms with van der Waals surface area (Å²) in [6.45, 7) is 4.55. The Balaban J connectivity index is 1.81. The Labute approximate surface area is 152 Å². The highest BCUT2D eigenvalue weighted by Crippen LogP contribution is 2.19. The van der Waals surface area contributed by atoms with Gasteiger partial charge in [-0.25, -0.2) is 4.79 Å². The lowest BCUT2D eigenvalue weighted by molar-refractivity contribution is -0.115. The number of esters is 1. The van der Waals surface area contributed by atoms with Gasteiger partial charge in [0, 0.05) is 29.4 Å². The molecule has 6 heteroatoms. The fourth-order valence-electron chi connectivity index (χ4n) is 2.26. The van der Waals surface area contributed by atoms with Crippen molar-refractivity contribution in [2.24, 2.45) is 0 Å². The van der Waals surface area contributed by atoms with Gasteiger partial charge in [0.15, 0.2) is 0 Å². The zero-order chi connectivity index (χ0) is 18.2. The van der Waals surface area contributed by atoms with Gasteiger partial charge in [-0.1, -0.05) is 11.6 Å². The van der Waals surface area contributed by atoms with Crippen molar-refractivity contribution >= 4 is 34.9 Å². The molecule has 1 amide bonds. The third-order valence-electron chi connectivity index (χ3n) is 3.54. The van der Waals surface area contributed by atoms with E-state index in [0.717, 1.165) is 11.3 Å². The van der Waals surface area contributed by atoms with Gasteiger partial charge < -0.3 is 15.4 Å². The van der Waals surface area contributed by atoms with Gasteiger partial charge in [-0.3, -0.25) is 4.79 Å². The molecule has 0 aromatic heterocycles. The van der Waals surface area contributed by atoms with E-state index in [-0.39, 0.29) is 11.9 Å². The first kappa shape index (κ1) is 18.8. The number of aryl methyl sites for hydroxylation is 1. The van der Waals surface area contributed by atoms with Gasteiger partial charge in [-0.2, -0.15) is 0 Å². The van der Waals surface area contributed by atoms with Crippen LogP contribution in [0.4, 0.5) is 11.4 Å². The summed E-state index contributed by atoms with van der Waals surface area (Å²) >= 11 is 5.92. The quantitative estimate of drug-likeness (QED) is 0.724. The molecule has 0 spiro atoms. The van der Waals surface area contributed by atoms with Gasteiger partial charge in [0.2, 0.25) is 5.91 Å². The molecule has 25 heavy (non-hydrogen) atoms. The topological polar surface area (TPSA) is 67.4 Å². The van der Waals surface area contributed by atoms with Gasteiger partial charge in [-0.15, -0.1) is 0 Å². The monoisotopic (exact) mass is 360 g/mol. The maximum absolute atomic E-state index is 12.0. The number of benzene rings is 2. The second-order valence-electron chi connectivity index (χ2n) is 5.48. The first-order valence-electron chi connectivity index (χ1n) is 8.06. The molecule has 0 saturated carbocycles. The van der Waals surface area contributed by atoms with Gasteiger partial charge in [-0.05, 0) is 61.9 Å². The molecule has 2 aromatic rings. The van der Waals surface area contributed by atoms with Crippen molar-refractivity contribution in [3.8, 4) is 0 Å². The molecule has 2 aromatic carbocycles. The van der Waals surface area contributed by atoms with Crippen LogP contribution in [-0.4, -0.2) is 25.0 Å². The molecule has 0 bridgehead atoms. The fraction of sp³-hybridized carbons (Fsp3) is 0.263. The second kappa shape index (κ2) is 9.08. The van der Waals surface area contributed by atoms with E-state index < -0.39 is 0 Å². The lowest BCUT2D eigenvalue weighted by Gasteiger charge is -2.10. The summed E-state index contributed by atoms with van der Waals surface area (Å²) in [6.07, 6.45) is 0.321. The fourth-order valence-corrected chi connectivity index (χ4v) is 2.49. The molecule has 0 radical (unpaired) electrons. The molecule has 0 saturated heterocycles. The SMILES string of the molecule is CCOC(=O)c1ccc(NC(=O)CCNc2ccc(Cl)cc2C)cc1. The molecule has 2 N–H and O–H groups in total. The Hall–Kier alpha value is -2.53. The summed E-state index contributed by atoms with van der Waals surface area (Å²) in [5, 5.41) is 6.70. The Bertz CT molecular complexity index is 745. The molecule has 132 valence electrons. The highest BCUT2D eigenvalue weighted by Gasteiger charge is 2.07. The standard InChI is InChI=1S/C19H21ClN2O3/c1-3-25-19(24)14-4-7-16(8-5-14)22-18(23)10-11-21-17-9-6-15(20)12-13(17)2/h4-9,12,21H,3,10-11H2,1-2H3,(H,22,23). The summed E-state index contributed by atoms with van der Waals surface area (Å²) in [6, 6.07) is 12.2. The number of hydrogen-bond acceptors (Lipinski definition) is 4. The highest BCUT2D eigenvalue weighted by atomic mass is 35.5. The zero-order valence-electron chi connectivity index (χ0n) is 14.3. The Morgan fingerprint density at radius 2 is 1.84 bits per heavy atom. The molecule has 0 heterocycles. The second-order valence-corrected chi connectivity index (χ2v) is 5.92. The minimum Gasteiger partial charge on any atom is -0.462 e. The van der Waals surface area contributed by atoms with Crippen molar-refractivity contribution < 1.29 is 14.3 Å². The number of rotatable bonds is 7. The van der Waals surface area contributed by atoms with Crippen LogP contribution in [-0.2, 0) is 9.53 Å². The number of anilines is 2. The van der Waals surface area contributed by atoms with Gasteiger partial charge in [0.05, 0.1) is 12.2 Å². The Morgan fingerprint density at radius 1 is 1.12 bits per heavy atom. The van der Waals surface area contributed by atoms with E-state index in [1.807, 2.05) is 25.1 Å². The molecule has 0 fully saturated rings. The normalized spacial score (nSPS) is 10.2. The smallest absolute Gasteiger partial charge is 0.338 e. The summed E-state index contributed by atoms with van der Waals surface area (Å²) in [5.74, 6) is -0.481. The van der Waals surface area contributed by atoms with Crippen molar-refractivity contribution in [1.29, 1.82) is 0 Å². The molecule has 5 nitrogen and oxygen atoms in total. The van der Waals surface area contributed by atoms with Crippen molar-refractivity contribution in [2.75, 3.05) is 23.8 Å². The number of carbonyl (C=O) groups excluding carboxylic acids is 2. The number of hydrogen-bond donors (Lipinski definition) is 2. The molecule has 0 aliphatic carbocycles. The van der Waals surface area contributed by atoms with Gasteiger partial charge >= 0.3 is 5.97 Å². The molecular formula is C19H21ClN2O3. The molecule has 0 aliphatic heterocycles. The van der Waals surface area contributed by atoms with E-state index >= 15 is 0 Å². The third-order valence-corrected chi connectivity index (χ3v) is 3.77. The summed E-state index contributed by atoms with van der Waals surface area (Å²) < 4.78 is 4.92. The minimum atomic E-state index is -0.372. The Kier molecular flexibility index (Phi) is 6.83. The molecule has 2 rings (SSSR count). The molecule has 0 aliphatic rings.